The summed E-state index contributed by atoms with van der Waals surface area (Å²) in [7, 11) is -3.84. The van der Waals surface area contributed by atoms with Gasteiger partial charge in [-0.25, -0.2) is 22.3 Å². The SMILES string of the molecule is C/C=C(/C=C/c1ccc(C(F)F)cc1)Nc1ccc(-c2ccccc2S(N)(=O)=O)cc1C. The molecule has 166 valence electrons. The minimum absolute atomic E-state index is 0.00810. The van der Waals surface area contributed by atoms with Crippen LogP contribution in [-0.2, 0) is 10.0 Å². The quantitative estimate of drug-likeness (QED) is 0.413. The molecule has 0 saturated carbocycles. The summed E-state index contributed by atoms with van der Waals surface area (Å²) in [5, 5.41) is 8.69. The lowest BCUT2D eigenvalue weighted by molar-refractivity contribution is 0.151. The lowest BCUT2D eigenvalue weighted by Crippen LogP contribution is -2.13. The Morgan fingerprint density at radius 3 is 2.31 bits per heavy atom. The van der Waals surface area contributed by atoms with E-state index in [1.807, 2.05) is 50.3 Å². The van der Waals surface area contributed by atoms with E-state index in [1.165, 1.54) is 18.2 Å². The van der Waals surface area contributed by atoms with Gasteiger partial charge < -0.3 is 5.32 Å². The number of sulfonamides is 1. The maximum Gasteiger partial charge on any atom is 0.263 e. The largest absolute Gasteiger partial charge is 0.356 e. The third kappa shape index (κ3) is 5.69. The van der Waals surface area contributed by atoms with Gasteiger partial charge in [-0.3, -0.25) is 0 Å². The van der Waals surface area contributed by atoms with Crippen LogP contribution < -0.4 is 10.5 Å². The van der Waals surface area contributed by atoms with E-state index < -0.39 is 16.4 Å². The van der Waals surface area contributed by atoms with Crippen LogP contribution in [0.4, 0.5) is 14.5 Å². The van der Waals surface area contributed by atoms with E-state index >= 15 is 0 Å². The molecule has 4 nitrogen and oxygen atoms in total. The van der Waals surface area contributed by atoms with E-state index in [0.717, 1.165) is 28.1 Å². The van der Waals surface area contributed by atoms with E-state index in [0.29, 0.717) is 5.56 Å². The lowest BCUT2D eigenvalue weighted by atomic mass is 10.0. The first kappa shape index (κ1) is 23.4. The Bertz CT molecular complexity index is 1270. The number of halogens is 2. The number of aryl methyl sites for hydroxylation is 1. The molecule has 0 saturated heterocycles. The van der Waals surface area contributed by atoms with Gasteiger partial charge in [-0.05, 0) is 54.8 Å². The fraction of sp³-hybridized carbons (Fsp3) is 0.120. The molecule has 7 heteroatoms. The van der Waals surface area contributed by atoms with Crippen molar-refractivity contribution in [3.05, 3.63) is 101 Å². The van der Waals surface area contributed by atoms with Crippen molar-refractivity contribution in [1.82, 2.24) is 0 Å². The van der Waals surface area contributed by atoms with Gasteiger partial charge in [0.2, 0.25) is 10.0 Å². The van der Waals surface area contributed by atoms with Crippen LogP contribution in [0.15, 0.2) is 89.5 Å². The normalized spacial score (nSPS) is 12.5. The molecule has 0 aliphatic carbocycles. The van der Waals surface area contributed by atoms with Crippen molar-refractivity contribution in [1.29, 1.82) is 0 Å². The molecular formula is C25H24F2N2O2S. The fourth-order valence-corrected chi connectivity index (χ4v) is 3.99. The predicted molar refractivity (Wildman–Crippen MR) is 126 cm³/mol. The second-order valence-corrected chi connectivity index (χ2v) is 8.77. The Kier molecular flexibility index (Phi) is 7.22. The molecule has 0 amide bonds. The molecule has 3 N–H and O–H groups in total. The highest BCUT2D eigenvalue weighted by Gasteiger charge is 2.15. The molecule has 3 rings (SSSR count). The van der Waals surface area contributed by atoms with Crippen molar-refractivity contribution in [2.45, 2.75) is 25.2 Å². The molecule has 0 heterocycles. The van der Waals surface area contributed by atoms with Crippen LogP contribution >= 0.6 is 0 Å². The first-order chi connectivity index (χ1) is 15.2. The Hall–Kier alpha value is -3.29. The standard InChI is InChI=1S/C25H24F2N2O2S/c1-3-21(14-10-18-8-11-19(12-9-18)25(26)27)29-23-15-13-20(16-17(23)2)22-6-4-5-7-24(22)32(28,30)31/h3-16,25,29H,1-2H3,(H2,28,30,31)/b14-10+,21-3-. The molecule has 0 bridgehead atoms. The van der Waals surface area contributed by atoms with Crippen LogP contribution in [0.25, 0.3) is 17.2 Å². The Morgan fingerprint density at radius 1 is 1.03 bits per heavy atom. The van der Waals surface area contributed by atoms with E-state index in [-0.39, 0.29) is 10.5 Å². The number of allylic oxidation sites excluding steroid dienone is 2. The molecule has 32 heavy (non-hydrogen) atoms. The van der Waals surface area contributed by atoms with Gasteiger partial charge in [-0.1, -0.05) is 60.7 Å². The highest BCUT2D eigenvalue weighted by atomic mass is 32.2. The molecule has 0 fully saturated rings. The summed E-state index contributed by atoms with van der Waals surface area (Å²) >= 11 is 0. The number of primary sulfonamides is 1. The highest BCUT2D eigenvalue weighted by molar-refractivity contribution is 7.89. The molecule has 3 aromatic rings. The van der Waals surface area contributed by atoms with Gasteiger partial charge in [0.15, 0.2) is 0 Å². The van der Waals surface area contributed by atoms with Crippen molar-refractivity contribution in [2.75, 3.05) is 5.32 Å². The number of hydrogen-bond acceptors (Lipinski definition) is 3. The third-order valence-corrected chi connectivity index (χ3v) is 5.93. The van der Waals surface area contributed by atoms with Crippen LogP contribution in [0, 0.1) is 6.92 Å². The number of nitrogens with one attached hydrogen (secondary N) is 1. The number of hydrogen-bond donors (Lipinski definition) is 2. The molecule has 0 aliphatic rings. The fourth-order valence-electron chi connectivity index (χ4n) is 3.23. The summed E-state index contributed by atoms with van der Waals surface area (Å²) in [5.74, 6) is 0. The summed E-state index contributed by atoms with van der Waals surface area (Å²) in [4.78, 5) is 0.0787. The van der Waals surface area contributed by atoms with Crippen molar-refractivity contribution in [3.8, 4) is 11.1 Å². The zero-order valence-corrected chi connectivity index (χ0v) is 18.5. The van der Waals surface area contributed by atoms with Crippen LogP contribution in [0.1, 0.15) is 30.0 Å². The van der Waals surface area contributed by atoms with Crippen LogP contribution in [0.5, 0.6) is 0 Å². The molecule has 0 unspecified atom stereocenters. The zero-order valence-electron chi connectivity index (χ0n) is 17.7. The minimum atomic E-state index is -3.84. The summed E-state index contributed by atoms with van der Waals surface area (Å²) in [6.45, 7) is 3.81. The molecule has 0 spiro atoms. The number of anilines is 1. The van der Waals surface area contributed by atoms with E-state index in [9.17, 15) is 17.2 Å². The summed E-state index contributed by atoms with van der Waals surface area (Å²) < 4.78 is 49.2. The molecular weight excluding hydrogens is 430 g/mol. The van der Waals surface area contributed by atoms with Crippen molar-refractivity contribution >= 4 is 21.8 Å². The van der Waals surface area contributed by atoms with Crippen molar-refractivity contribution in [3.63, 3.8) is 0 Å². The van der Waals surface area contributed by atoms with Gasteiger partial charge in [0.1, 0.15) is 0 Å². The predicted octanol–water partition coefficient (Wildman–Crippen LogP) is 6.28. The number of rotatable bonds is 7. The highest BCUT2D eigenvalue weighted by Crippen LogP contribution is 2.30. The second-order valence-electron chi connectivity index (χ2n) is 7.24. The minimum Gasteiger partial charge on any atom is -0.356 e. The summed E-state index contributed by atoms with van der Waals surface area (Å²) in [6.07, 6.45) is 3.11. The van der Waals surface area contributed by atoms with Crippen molar-refractivity contribution < 1.29 is 17.2 Å². The van der Waals surface area contributed by atoms with Gasteiger partial charge >= 0.3 is 0 Å². The molecule has 0 aromatic heterocycles. The first-order valence-electron chi connectivity index (χ1n) is 9.91. The van der Waals surface area contributed by atoms with Crippen LogP contribution in [0.2, 0.25) is 0 Å². The lowest BCUT2D eigenvalue weighted by Gasteiger charge is -2.13. The number of alkyl halides is 2. The van der Waals surface area contributed by atoms with Gasteiger partial charge in [0.05, 0.1) is 4.90 Å². The zero-order chi connectivity index (χ0) is 23.3. The Morgan fingerprint density at radius 2 is 1.72 bits per heavy atom. The van der Waals surface area contributed by atoms with Crippen LogP contribution in [-0.4, -0.2) is 8.42 Å². The maximum atomic E-state index is 12.7. The average molecular weight is 455 g/mol. The smallest absolute Gasteiger partial charge is 0.263 e. The summed E-state index contributed by atoms with van der Waals surface area (Å²) in [6, 6.07) is 18.3. The van der Waals surface area contributed by atoms with Gasteiger partial charge in [-0.15, -0.1) is 0 Å². The molecule has 0 aliphatic heterocycles. The van der Waals surface area contributed by atoms with Gasteiger partial charge in [0.25, 0.3) is 6.43 Å². The van der Waals surface area contributed by atoms with E-state index in [4.69, 9.17) is 5.14 Å². The Balaban J connectivity index is 1.81. The monoisotopic (exact) mass is 454 g/mol. The summed E-state index contributed by atoms with van der Waals surface area (Å²) in [5.41, 5.74) is 4.68. The van der Waals surface area contributed by atoms with Gasteiger partial charge in [0, 0.05) is 22.5 Å². The molecule has 3 aromatic carbocycles. The molecule has 0 atom stereocenters. The maximum absolute atomic E-state index is 12.7. The second kappa shape index (κ2) is 9.89. The van der Waals surface area contributed by atoms with Crippen LogP contribution in [0.3, 0.4) is 0 Å². The third-order valence-electron chi connectivity index (χ3n) is 4.96. The molecule has 0 radical (unpaired) electrons. The number of nitrogens with two attached hydrogens (primary N) is 1. The average Bonchev–Trinajstić information content (AvgIpc) is 2.77. The topological polar surface area (TPSA) is 72.2 Å². The van der Waals surface area contributed by atoms with Gasteiger partial charge in [-0.2, -0.15) is 0 Å². The number of benzene rings is 3. The van der Waals surface area contributed by atoms with Crippen molar-refractivity contribution in [2.24, 2.45) is 5.14 Å². The van der Waals surface area contributed by atoms with E-state index in [2.05, 4.69) is 5.32 Å². The first-order valence-corrected chi connectivity index (χ1v) is 11.5. The van der Waals surface area contributed by atoms with E-state index in [1.54, 1.807) is 30.3 Å². The Labute approximate surface area is 187 Å².